The molecule has 0 aromatic carbocycles. The Balaban J connectivity index is 2.17. The van der Waals surface area contributed by atoms with Crippen LogP contribution in [0, 0.1) is 11.8 Å². The molecular formula is C17H37N3O. The molecule has 21 heavy (non-hydrogen) atoms. The number of nitrogens with one attached hydrogen (secondary N) is 1. The summed E-state index contributed by atoms with van der Waals surface area (Å²) in [6.45, 7) is 17.7. The molecule has 0 radical (unpaired) electrons. The highest BCUT2D eigenvalue weighted by molar-refractivity contribution is 4.74. The Morgan fingerprint density at radius 3 is 2.76 bits per heavy atom. The Morgan fingerprint density at radius 1 is 1.33 bits per heavy atom. The van der Waals surface area contributed by atoms with Crippen molar-refractivity contribution in [1.29, 1.82) is 0 Å². The molecule has 1 N–H and O–H groups in total. The number of morpholine rings is 1. The molecule has 4 heteroatoms. The second-order valence-electron chi connectivity index (χ2n) is 7.12. The van der Waals surface area contributed by atoms with Gasteiger partial charge in [-0.05, 0) is 25.4 Å². The Kier molecular flexibility index (Phi) is 9.49. The molecule has 0 spiro atoms. The molecule has 1 fully saturated rings. The summed E-state index contributed by atoms with van der Waals surface area (Å²) in [5.41, 5.74) is 0. The third kappa shape index (κ3) is 8.77. The zero-order valence-electron chi connectivity index (χ0n) is 14.9. The second kappa shape index (κ2) is 10.5. The van der Waals surface area contributed by atoms with Crippen molar-refractivity contribution in [2.45, 2.75) is 40.2 Å². The van der Waals surface area contributed by atoms with Gasteiger partial charge in [-0.25, -0.2) is 0 Å². The van der Waals surface area contributed by atoms with E-state index in [1.807, 2.05) is 0 Å². The van der Waals surface area contributed by atoms with Crippen molar-refractivity contribution >= 4 is 0 Å². The van der Waals surface area contributed by atoms with Gasteiger partial charge < -0.3 is 15.0 Å². The van der Waals surface area contributed by atoms with Crippen molar-refractivity contribution in [2.75, 3.05) is 59.5 Å². The molecule has 0 aromatic heterocycles. The Bertz CT molecular complexity index is 260. The molecule has 0 saturated carbocycles. The summed E-state index contributed by atoms with van der Waals surface area (Å²) in [6, 6.07) is 0. The molecular weight excluding hydrogens is 262 g/mol. The van der Waals surface area contributed by atoms with Gasteiger partial charge in [-0.3, -0.25) is 4.90 Å². The predicted octanol–water partition coefficient (Wildman–Crippen LogP) is 1.91. The van der Waals surface area contributed by atoms with Crippen LogP contribution in [0.4, 0.5) is 0 Å². The van der Waals surface area contributed by atoms with Gasteiger partial charge in [0, 0.05) is 39.3 Å². The minimum atomic E-state index is 0.359. The molecule has 0 aromatic rings. The lowest BCUT2D eigenvalue weighted by Crippen LogP contribution is -2.48. The number of ether oxygens (including phenoxy) is 1. The van der Waals surface area contributed by atoms with Crippen LogP contribution in [0.15, 0.2) is 0 Å². The van der Waals surface area contributed by atoms with Crippen molar-refractivity contribution < 1.29 is 4.74 Å². The maximum absolute atomic E-state index is 5.86. The highest BCUT2D eigenvalue weighted by Crippen LogP contribution is 2.06. The van der Waals surface area contributed by atoms with Crippen LogP contribution in [0.3, 0.4) is 0 Å². The van der Waals surface area contributed by atoms with Crippen LogP contribution in [-0.2, 0) is 4.74 Å². The van der Waals surface area contributed by atoms with Crippen LogP contribution in [0.25, 0.3) is 0 Å². The van der Waals surface area contributed by atoms with Crippen LogP contribution in [-0.4, -0.2) is 75.4 Å². The lowest BCUT2D eigenvalue weighted by Gasteiger charge is -2.34. The van der Waals surface area contributed by atoms with Crippen molar-refractivity contribution in [2.24, 2.45) is 11.8 Å². The quantitative estimate of drug-likeness (QED) is 0.667. The molecule has 0 aliphatic carbocycles. The first-order valence-corrected chi connectivity index (χ1v) is 8.74. The van der Waals surface area contributed by atoms with E-state index in [1.54, 1.807) is 0 Å². The molecule has 126 valence electrons. The second-order valence-corrected chi connectivity index (χ2v) is 7.12. The van der Waals surface area contributed by atoms with E-state index in [-0.39, 0.29) is 0 Å². The molecule has 1 aliphatic rings. The molecule has 1 aliphatic heterocycles. The fraction of sp³-hybridized carbons (Fsp3) is 1.00. The van der Waals surface area contributed by atoms with E-state index >= 15 is 0 Å². The van der Waals surface area contributed by atoms with Crippen LogP contribution < -0.4 is 5.32 Å². The highest BCUT2D eigenvalue weighted by Gasteiger charge is 2.20. The van der Waals surface area contributed by atoms with Crippen molar-refractivity contribution in [3.63, 3.8) is 0 Å². The zero-order chi connectivity index (χ0) is 15.7. The summed E-state index contributed by atoms with van der Waals surface area (Å²) in [5, 5.41) is 3.51. The van der Waals surface area contributed by atoms with E-state index in [0.717, 1.165) is 51.8 Å². The van der Waals surface area contributed by atoms with Gasteiger partial charge in [0.2, 0.25) is 0 Å². The number of hydrogen-bond acceptors (Lipinski definition) is 4. The summed E-state index contributed by atoms with van der Waals surface area (Å²) in [6.07, 6.45) is 1.63. The van der Waals surface area contributed by atoms with Gasteiger partial charge in [0.05, 0.1) is 12.7 Å². The van der Waals surface area contributed by atoms with E-state index in [2.05, 4.69) is 49.9 Å². The van der Waals surface area contributed by atoms with E-state index in [4.69, 9.17) is 4.74 Å². The first-order chi connectivity index (χ1) is 10.0. The normalized spacial score (nSPS) is 22.1. The molecule has 0 amide bonds. The van der Waals surface area contributed by atoms with Gasteiger partial charge in [0.1, 0.15) is 0 Å². The Morgan fingerprint density at radius 2 is 2.10 bits per heavy atom. The lowest BCUT2D eigenvalue weighted by molar-refractivity contribution is -0.0290. The van der Waals surface area contributed by atoms with Crippen molar-refractivity contribution in [3.8, 4) is 0 Å². The topological polar surface area (TPSA) is 27.7 Å². The summed E-state index contributed by atoms with van der Waals surface area (Å²) < 4.78 is 5.86. The molecule has 1 heterocycles. The van der Waals surface area contributed by atoms with Crippen molar-refractivity contribution in [3.05, 3.63) is 0 Å². The summed E-state index contributed by atoms with van der Waals surface area (Å²) in [7, 11) is 2.24. The zero-order valence-corrected chi connectivity index (χ0v) is 14.9. The Hall–Kier alpha value is -0.160. The summed E-state index contributed by atoms with van der Waals surface area (Å²) >= 11 is 0. The predicted molar refractivity (Wildman–Crippen MR) is 90.8 cm³/mol. The van der Waals surface area contributed by atoms with Gasteiger partial charge >= 0.3 is 0 Å². The molecule has 1 rings (SSSR count). The van der Waals surface area contributed by atoms with Crippen LogP contribution in [0.5, 0.6) is 0 Å². The standard InChI is InChI=1S/C17H37N3O/c1-6-16(4)13-19(5)7-8-20-9-10-21-17(14-20)12-18-11-15(2)3/h15-18H,6-14H2,1-5H3/t16?,17-/m1/s1. The van der Waals surface area contributed by atoms with Gasteiger partial charge in [-0.2, -0.15) is 0 Å². The molecule has 0 bridgehead atoms. The molecule has 1 saturated heterocycles. The van der Waals surface area contributed by atoms with Gasteiger partial charge in [0.15, 0.2) is 0 Å². The molecule has 4 nitrogen and oxygen atoms in total. The van der Waals surface area contributed by atoms with Crippen LogP contribution >= 0.6 is 0 Å². The SMILES string of the molecule is CCC(C)CN(C)CCN1CCO[C@H](CNCC(C)C)C1. The van der Waals surface area contributed by atoms with Gasteiger partial charge in [-0.1, -0.05) is 34.1 Å². The average Bonchev–Trinajstić information content (AvgIpc) is 2.45. The lowest BCUT2D eigenvalue weighted by atomic mass is 10.1. The van der Waals surface area contributed by atoms with E-state index in [0.29, 0.717) is 12.0 Å². The summed E-state index contributed by atoms with van der Waals surface area (Å²) in [5.74, 6) is 1.51. The maximum atomic E-state index is 5.86. The molecule has 2 atom stereocenters. The van der Waals surface area contributed by atoms with Crippen LogP contribution in [0.1, 0.15) is 34.1 Å². The smallest absolute Gasteiger partial charge is 0.0826 e. The minimum absolute atomic E-state index is 0.359. The number of rotatable bonds is 10. The van der Waals surface area contributed by atoms with E-state index in [9.17, 15) is 0 Å². The largest absolute Gasteiger partial charge is 0.374 e. The van der Waals surface area contributed by atoms with E-state index in [1.165, 1.54) is 13.0 Å². The van der Waals surface area contributed by atoms with Crippen LogP contribution in [0.2, 0.25) is 0 Å². The first kappa shape index (κ1) is 18.9. The van der Waals surface area contributed by atoms with Crippen molar-refractivity contribution in [1.82, 2.24) is 15.1 Å². The number of nitrogens with zero attached hydrogens (tertiary/aromatic N) is 2. The summed E-state index contributed by atoms with van der Waals surface area (Å²) in [4.78, 5) is 5.02. The highest BCUT2D eigenvalue weighted by atomic mass is 16.5. The number of hydrogen-bond donors (Lipinski definition) is 1. The van der Waals surface area contributed by atoms with E-state index < -0.39 is 0 Å². The average molecular weight is 300 g/mol. The fourth-order valence-corrected chi connectivity index (χ4v) is 2.70. The van der Waals surface area contributed by atoms with Gasteiger partial charge in [0.25, 0.3) is 0 Å². The first-order valence-electron chi connectivity index (χ1n) is 8.74. The minimum Gasteiger partial charge on any atom is -0.374 e. The van der Waals surface area contributed by atoms with Gasteiger partial charge in [-0.15, -0.1) is 0 Å². The maximum Gasteiger partial charge on any atom is 0.0826 e. The molecule has 1 unspecified atom stereocenters. The number of likely N-dealkylation sites (N-methyl/N-ethyl adjacent to an activating group) is 1. The fourth-order valence-electron chi connectivity index (χ4n) is 2.70. The third-order valence-corrected chi connectivity index (χ3v) is 4.27. The Labute approximate surface area is 132 Å². The third-order valence-electron chi connectivity index (χ3n) is 4.27. The monoisotopic (exact) mass is 299 g/mol.